The second kappa shape index (κ2) is 3.00. The molecule has 0 saturated carbocycles. The zero-order valence-electron chi connectivity index (χ0n) is 5.15. The molecule has 0 bridgehead atoms. The fraction of sp³-hybridized carbons (Fsp3) is 0.333. The fourth-order valence-corrected chi connectivity index (χ4v) is 0.637. The molecule has 0 aromatic heterocycles. The zero-order valence-corrected chi connectivity index (χ0v) is 5.15. The third-order valence-corrected chi connectivity index (χ3v) is 1.04. The highest BCUT2D eigenvalue weighted by Gasteiger charge is 2.15. The van der Waals surface area contributed by atoms with Crippen LogP contribution in [0.1, 0.15) is 0 Å². The minimum absolute atomic E-state index is 0.103. The lowest BCUT2D eigenvalue weighted by Crippen LogP contribution is -2.14. The van der Waals surface area contributed by atoms with Crippen molar-refractivity contribution in [2.45, 2.75) is 6.10 Å². The molecule has 10 heavy (non-hydrogen) atoms. The van der Waals surface area contributed by atoms with E-state index in [2.05, 4.69) is 9.47 Å². The van der Waals surface area contributed by atoms with Gasteiger partial charge in [0.15, 0.2) is 6.10 Å². The summed E-state index contributed by atoms with van der Waals surface area (Å²) in [6, 6.07) is 0. The monoisotopic (exact) mass is 142 g/mol. The molecule has 0 aromatic rings. The van der Waals surface area contributed by atoms with E-state index in [9.17, 15) is 9.59 Å². The minimum atomic E-state index is -0.391. The van der Waals surface area contributed by atoms with Gasteiger partial charge in [0.1, 0.15) is 6.61 Å². The van der Waals surface area contributed by atoms with Crippen LogP contribution >= 0.6 is 0 Å². The molecule has 0 unspecified atom stereocenters. The molecule has 1 aliphatic heterocycles. The predicted octanol–water partition coefficient (Wildman–Crippen LogP) is -0.359. The van der Waals surface area contributed by atoms with Crippen LogP contribution in [0.4, 0.5) is 0 Å². The van der Waals surface area contributed by atoms with Crippen LogP contribution in [-0.4, -0.2) is 25.2 Å². The first-order valence-corrected chi connectivity index (χ1v) is 2.77. The van der Waals surface area contributed by atoms with Crippen molar-refractivity contribution >= 4 is 12.4 Å². The topological polar surface area (TPSA) is 52.6 Å². The molecule has 0 saturated heterocycles. The molecule has 0 aliphatic carbocycles. The van der Waals surface area contributed by atoms with E-state index in [1.807, 2.05) is 0 Å². The van der Waals surface area contributed by atoms with Gasteiger partial charge in [-0.2, -0.15) is 0 Å². The Bertz CT molecular complexity index is 173. The largest absolute Gasteiger partial charge is 0.464 e. The fourth-order valence-electron chi connectivity index (χ4n) is 0.637. The Morgan fingerprint density at radius 3 is 3.10 bits per heavy atom. The van der Waals surface area contributed by atoms with E-state index in [1.165, 1.54) is 6.08 Å². The van der Waals surface area contributed by atoms with Crippen molar-refractivity contribution < 1.29 is 19.1 Å². The molecule has 1 aliphatic rings. The van der Waals surface area contributed by atoms with Crippen LogP contribution in [-0.2, 0) is 19.1 Å². The Labute approximate surface area is 57.4 Å². The van der Waals surface area contributed by atoms with Crippen LogP contribution in [0.5, 0.6) is 0 Å². The average Bonchev–Trinajstić information content (AvgIpc) is 2.31. The van der Waals surface area contributed by atoms with Crippen LogP contribution < -0.4 is 0 Å². The van der Waals surface area contributed by atoms with Gasteiger partial charge in [-0.15, -0.1) is 0 Å². The maximum absolute atomic E-state index is 10.4. The maximum Gasteiger partial charge on any atom is 0.331 e. The van der Waals surface area contributed by atoms with Gasteiger partial charge in [-0.25, -0.2) is 4.79 Å². The summed E-state index contributed by atoms with van der Waals surface area (Å²) in [5.74, 6) is -0.389. The summed E-state index contributed by atoms with van der Waals surface area (Å²) >= 11 is 0. The van der Waals surface area contributed by atoms with Crippen molar-refractivity contribution in [3.63, 3.8) is 0 Å². The van der Waals surface area contributed by atoms with E-state index in [-0.39, 0.29) is 12.6 Å². The number of hydrogen-bond acceptors (Lipinski definition) is 4. The normalized spacial score (nSPS) is 22.4. The Balaban J connectivity index is 2.26. The van der Waals surface area contributed by atoms with E-state index in [4.69, 9.17) is 0 Å². The Morgan fingerprint density at radius 1 is 1.80 bits per heavy atom. The quantitative estimate of drug-likeness (QED) is 0.399. The molecular weight excluding hydrogens is 136 g/mol. The molecule has 0 fully saturated rings. The molecule has 0 spiro atoms. The van der Waals surface area contributed by atoms with Gasteiger partial charge in [-0.1, -0.05) is 0 Å². The second-order valence-electron chi connectivity index (χ2n) is 1.76. The molecule has 0 aromatic carbocycles. The molecule has 4 nitrogen and oxygen atoms in total. The third-order valence-electron chi connectivity index (χ3n) is 1.04. The van der Waals surface area contributed by atoms with Crippen molar-refractivity contribution in [3.8, 4) is 0 Å². The number of ether oxygens (including phenoxy) is 2. The highest BCUT2D eigenvalue weighted by Crippen LogP contribution is 2.03. The Kier molecular flexibility index (Phi) is 2.04. The number of cyclic esters (lactones) is 1. The first-order valence-electron chi connectivity index (χ1n) is 2.77. The molecule has 1 heterocycles. The lowest BCUT2D eigenvalue weighted by atomic mass is 10.4. The molecule has 1 rings (SSSR count). The van der Waals surface area contributed by atoms with Gasteiger partial charge in [0.25, 0.3) is 6.47 Å². The van der Waals surface area contributed by atoms with Crippen LogP contribution in [0.15, 0.2) is 12.2 Å². The third kappa shape index (κ3) is 1.58. The summed E-state index contributed by atoms with van der Waals surface area (Å²) in [6.45, 7) is 0.422. The van der Waals surface area contributed by atoms with Crippen molar-refractivity contribution in [3.05, 3.63) is 12.2 Å². The van der Waals surface area contributed by atoms with Gasteiger partial charge < -0.3 is 9.47 Å². The molecule has 0 amide bonds. The summed E-state index contributed by atoms with van der Waals surface area (Å²) in [4.78, 5) is 20.0. The van der Waals surface area contributed by atoms with Crippen molar-refractivity contribution in [1.82, 2.24) is 0 Å². The van der Waals surface area contributed by atoms with Gasteiger partial charge in [-0.05, 0) is 6.08 Å². The SMILES string of the molecule is O=COC[C@@H]1C=CC(=O)O1. The molecule has 0 radical (unpaired) electrons. The number of rotatable bonds is 3. The highest BCUT2D eigenvalue weighted by molar-refractivity contribution is 5.84. The van der Waals surface area contributed by atoms with Gasteiger partial charge >= 0.3 is 5.97 Å². The first kappa shape index (κ1) is 6.80. The van der Waals surface area contributed by atoms with Crippen molar-refractivity contribution in [1.29, 1.82) is 0 Å². The van der Waals surface area contributed by atoms with E-state index in [0.717, 1.165) is 0 Å². The summed E-state index contributed by atoms with van der Waals surface area (Å²) in [5.41, 5.74) is 0. The summed E-state index contributed by atoms with van der Waals surface area (Å²) in [7, 11) is 0. The van der Waals surface area contributed by atoms with Crippen LogP contribution in [0.25, 0.3) is 0 Å². The maximum atomic E-state index is 10.4. The molecule has 0 N–H and O–H groups in total. The van der Waals surface area contributed by atoms with Crippen LogP contribution in [0.3, 0.4) is 0 Å². The molecule has 1 atom stereocenters. The van der Waals surface area contributed by atoms with Gasteiger partial charge in [0, 0.05) is 6.08 Å². The lowest BCUT2D eigenvalue weighted by molar-refractivity contribution is -0.144. The summed E-state index contributed by atoms with van der Waals surface area (Å²) < 4.78 is 8.99. The standard InChI is InChI=1S/C6H6O4/c7-4-9-3-5-1-2-6(8)10-5/h1-2,4-5H,3H2/t5-/m0/s1. The number of carbonyl (C=O) groups is 2. The summed E-state index contributed by atoms with van der Waals surface area (Å²) in [6.07, 6.45) is 2.46. The Hall–Kier alpha value is -1.32. The lowest BCUT2D eigenvalue weighted by Gasteiger charge is -2.04. The van der Waals surface area contributed by atoms with Gasteiger partial charge in [-0.3, -0.25) is 4.79 Å². The second-order valence-corrected chi connectivity index (χ2v) is 1.76. The van der Waals surface area contributed by atoms with E-state index >= 15 is 0 Å². The predicted molar refractivity (Wildman–Crippen MR) is 31.0 cm³/mol. The summed E-state index contributed by atoms with van der Waals surface area (Å²) in [5, 5.41) is 0. The van der Waals surface area contributed by atoms with Gasteiger partial charge in [0.2, 0.25) is 0 Å². The van der Waals surface area contributed by atoms with E-state index < -0.39 is 6.10 Å². The zero-order chi connectivity index (χ0) is 7.40. The minimum Gasteiger partial charge on any atom is -0.464 e. The molecule has 4 heteroatoms. The highest BCUT2D eigenvalue weighted by atomic mass is 16.6. The van der Waals surface area contributed by atoms with E-state index in [1.54, 1.807) is 6.08 Å². The first-order chi connectivity index (χ1) is 4.83. The average molecular weight is 142 g/mol. The van der Waals surface area contributed by atoms with Crippen molar-refractivity contribution in [2.75, 3.05) is 6.61 Å². The van der Waals surface area contributed by atoms with Crippen LogP contribution in [0, 0.1) is 0 Å². The molecule has 54 valence electrons. The number of carbonyl (C=O) groups excluding carboxylic acids is 2. The number of esters is 1. The van der Waals surface area contributed by atoms with Crippen LogP contribution in [0.2, 0.25) is 0 Å². The smallest absolute Gasteiger partial charge is 0.331 e. The Morgan fingerprint density at radius 2 is 2.60 bits per heavy atom. The van der Waals surface area contributed by atoms with E-state index in [0.29, 0.717) is 6.47 Å². The van der Waals surface area contributed by atoms with Gasteiger partial charge in [0.05, 0.1) is 0 Å². The van der Waals surface area contributed by atoms with Crippen molar-refractivity contribution in [2.24, 2.45) is 0 Å². The molecular formula is C6H6O4. The number of hydrogen-bond donors (Lipinski definition) is 0.